The van der Waals surface area contributed by atoms with Gasteiger partial charge in [0.25, 0.3) is 5.56 Å². The smallest absolute Gasteiger partial charge is 0.332 e. The van der Waals surface area contributed by atoms with Crippen molar-refractivity contribution >= 4 is 23.3 Å². The Kier molecular flexibility index (Phi) is 5.39. The number of ether oxygens (including phenoxy) is 2. The summed E-state index contributed by atoms with van der Waals surface area (Å²) in [5, 5.41) is 0. The number of methoxy groups -OCH3 is 2. The molecule has 0 saturated heterocycles. The fourth-order valence-corrected chi connectivity index (χ4v) is 3.31. The summed E-state index contributed by atoms with van der Waals surface area (Å²) in [5.74, 6) is 1.92. The van der Waals surface area contributed by atoms with Crippen LogP contribution in [0.5, 0.6) is 11.5 Å². The lowest BCUT2D eigenvalue weighted by molar-refractivity contribution is 0.388. The number of hydrogen-bond donors (Lipinski definition) is 1. The third-order valence-corrected chi connectivity index (χ3v) is 4.74. The second-order valence-electron chi connectivity index (χ2n) is 6.25. The van der Waals surface area contributed by atoms with Gasteiger partial charge in [-0.3, -0.25) is 13.9 Å². The number of benzene rings is 1. The molecule has 0 bridgehead atoms. The Hall–Kier alpha value is -3.29. The first-order valence-electron chi connectivity index (χ1n) is 9.09. The molecule has 0 radical (unpaired) electrons. The number of aromatic amines is 1. The van der Waals surface area contributed by atoms with E-state index in [2.05, 4.69) is 9.97 Å². The standard InChI is InChI=1S/C20H24N4O4/c1-6-23-18-16(19(25)24(7-2)20(23)26)21-15(22-18)11-9-13-8-10-14(27-4)12(3)17(13)28-5/h8-11H,6-7H2,1-5H3,(H,21,22)/b11-9+. The van der Waals surface area contributed by atoms with Crippen LogP contribution in [0.1, 0.15) is 30.8 Å². The molecule has 0 aliphatic carbocycles. The highest BCUT2D eigenvalue weighted by Gasteiger charge is 2.15. The number of rotatable bonds is 6. The summed E-state index contributed by atoms with van der Waals surface area (Å²) in [6.45, 7) is 6.27. The minimum atomic E-state index is -0.364. The van der Waals surface area contributed by atoms with Crippen LogP contribution in [0.3, 0.4) is 0 Å². The highest BCUT2D eigenvalue weighted by molar-refractivity contribution is 5.77. The molecule has 0 amide bonds. The van der Waals surface area contributed by atoms with Gasteiger partial charge in [0.05, 0.1) is 14.2 Å². The molecule has 0 atom stereocenters. The molecule has 2 heterocycles. The number of aromatic nitrogens is 4. The number of nitrogens with one attached hydrogen (secondary N) is 1. The first-order valence-corrected chi connectivity index (χ1v) is 9.09. The predicted octanol–water partition coefficient (Wildman–Crippen LogP) is 2.42. The summed E-state index contributed by atoms with van der Waals surface area (Å²) in [7, 11) is 3.22. The summed E-state index contributed by atoms with van der Waals surface area (Å²) in [4.78, 5) is 32.5. The van der Waals surface area contributed by atoms with Crippen molar-refractivity contribution in [2.75, 3.05) is 14.2 Å². The number of H-pyrrole nitrogens is 1. The second-order valence-corrected chi connectivity index (χ2v) is 6.25. The van der Waals surface area contributed by atoms with Crippen LogP contribution in [0.2, 0.25) is 0 Å². The lowest BCUT2D eigenvalue weighted by Crippen LogP contribution is -2.39. The molecule has 3 rings (SSSR count). The van der Waals surface area contributed by atoms with Gasteiger partial charge in [-0.15, -0.1) is 0 Å². The molecule has 8 nitrogen and oxygen atoms in total. The van der Waals surface area contributed by atoms with Crippen LogP contribution in [0.4, 0.5) is 0 Å². The first-order chi connectivity index (χ1) is 13.5. The van der Waals surface area contributed by atoms with E-state index in [4.69, 9.17) is 9.47 Å². The SMILES string of the molecule is CCn1c(=O)c2[nH]c(/C=C/c3ccc(OC)c(C)c3OC)nc2n(CC)c1=O. The zero-order valence-electron chi connectivity index (χ0n) is 16.7. The van der Waals surface area contributed by atoms with Gasteiger partial charge in [0, 0.05) is 24.2 Å². The molecule has 2 aromatic heterocycles. The van der Waals surface area contributed by atoms with E-state index in [1.165, 1.54) is 9.13 Å². The Morgan fingerprint density at radius 3 is 2.39 bits per heavy atom. The van der Waals surface area contributed by atoms with Gasteiger partial charge in [0.1, 0.15) is 22.8 Å². The summed E-state index contributed by atoms with van der Waals surface area (Å²) in [5.41, 5.74) is 1.71. The van der Waals surface area contributed by atoms with Gasteiger partial charge >= 0.3 is 5.69 Å². The van der Waals surface area contributed by atoms with E-state index in [0.29, 0.717) is 35.8 Å². The maximum Gasteiger partial charge on any atom is 0.332 e. The summed E-state index contributed by atoms with van der Waals surface area (Å²) >= 11 is 0. The van der Waals surface area contributed by atoms with Crippen LogP contribution >= 0.6 is 0 Å². The van der Waals surface area contributed by atoms with Crippen molar-refractivity contribution in [3.63, 3.8) is 0 Å². The zero-order chi connectivity index (χ0) is 20.4. The minimum absolute atomic E-state index is 0.306. The quantitative estimate of drug-likeness (QED) is 0.705. The second kappa shape index (κ2) is 7.75. The fourth-order valence-electron chi connectivity index (χ4n) is 3.31. The van der Waals surface area contributed by atoms with Gasteiger partial charge in [-0.1, -0.05) is 0 Å². The van der Waals surface area contributed by atoms with E-state index in [-0.39, 0.29) is 11.2 Å². The van der Waals surface area contributed by atoms with Gasteiger partial charge in [0.2, 0.25) is 0 Å². The third-order valence-electron chi connectivity index (χ3n) is 4.74. The Bertz CT molecular complexity index is 1170. The van der Waals surface area contributed by atoms with Crippen molar-refractivity contribution in [2.45, 2.75) is 33.9 Å². The van der Waals surface area contributed by atoms with Crippen LogP contribution < -0.4 is 20.7 Å². The average molecular weight is 384 g/mol. The monoisotopic (exact) mass is 384 g/mol. The number of nitrogens with zero attached hydrogens (tertiary/aromatic N) is 3. The summed E-state index contributed by atoms with van der Waals surface area (Å²) in [6, 6.07) is 3.75. The van der Waals surface area contributed by atoms with Crippen LogP contribution in [0.15, 0.2) is 21.7 Å². The lowest BCUT2D eigenvalue weighted by atomic mass is 10.1. The van der Waals surface area contributed by atoms with Gasteiger partial charge in [-0.2, -0.15) is 0 Å². The molecule has 0 spiro atoms. The molecular formula is C20H24N4O4. The molecule has 0 saturated carbocycles. The van der Waals surface area contributed by atoms with Crippen molar-refractivity contribution in [1.29, 1.82) is 0 Å². The zero-order valence-corrected chi connectivity index (χ0v) is 16.7. The molecule has 148 valence electrons. The summed E-state index contributed by atoms with van der Waals surface area (Å²) in [6.07, 6.45) is 3.60. The van der Waals surface area contributed by atoms with Crippen molar-refractivity contribution in [3.8, 4) is 11.5 Å². The third kappa shape index (κ3) is 3.11. The van der Waals surface area contributed by atoms with Crippen LogP contribution in [-0.4, -0.2) is 33.3 Å². The van der Waals surface area contributed by atoms with Crippen LogP contribution in [0, 0.1) is 6.92 Å². The van der Waals surface area contributed by atoms with Crippen LogP contribution in [0.25, 0.3) is 23.3 Å². The normalized spacial score (nSPS) is 11.5. The van der Waals surface area contributed by atoms with Gasteiger partial charge in [0.15, 0.2) is 5.65 Å². The highest BCUT2D eigenvalue weighted by atomic mass is 16.5. The molecule has 0 fully saturated rings. The van der Waals surface area contributed by atoms with Crippen molar-refractivity contribution < 1.29 is 9.47 Å². The van der Waals surface area contributed by atoms with E-state index >= 15 is 0 Å². The number of aryl methyl sites for hydroxylation is 1. The average Bonchev–Trinajstić information content (AvgIpc) is 3.11. The fraction of sp³-hybridized carbons (Fsp3) is 0.350. The number of imidazole rings is 1. The largest absolute Gasteiger partial charge is 0.496 e. The molecule has 28 heavy (non-hydrogen) atoms. The molecule has 0 aliphatic heterocycles. The van der Waals surface area contributed by atoms with Gasteiger partial charge < -0.3 is 14.5 Å². The van der Waals surface area contributed by atoms with E-state index in [9.17, 15) is 9.59 Å². The van der Waals surface area contributed by atoms with E-state index < -0.39 is 0 Å². The number of hydrogen-bond acceptors (Lipinski definition) is 5. The molecule has 0 aliphatic rings. The maximum absolute atomic E-state index is 12.6. The van der Waals surface area contributed by atoms with Crippen molar-refractivity contribution in [1.82, 2.24) is 19.1 Å². The Morgan fingerprint density at radius 2 is 1.79 bits per heavy atom. The van der Waals surface area contributed by atoms with E-state index in [0.717, 1.165) is 16.9 Å². The maximum atomic E-state index is 12.6. The Balaban J connectivity index is 2.12. The lowest BCUT2D eigenvalue weighted by Gasteiger charge is -2.12. The predicted molar refractivity (Wildman–Crippen MR) is 109 cm³/mol. The minimum Gasteiger partial charge on any atom is -0.496 e. The molecular weight excluding hydrogens is 360 g/mol. The van der Waals surface area contributed by atoms with E-state index in [1.54, 1.807) is 27.2 Å². The first kappa shape index (κ1) is 19.5. The van der Waals surface area contributed by atoms with Gasteiger partial charge in [-0.25, -0.2) is 9.78 Å². The van der Waals surface area contributed by atoms with Crippen molar-refractivity contribution in [2.24, 2.45) is 0 Å². The Morgan fingerprint density at radius 1 is 1.07 bits per heavy atom. The Labute approximate surface area is 162 Å². The van der Waals surface area contributed by atoms with Crippen molar-refractivity contribution in [3.05, 3.63) is 49.9 Å². The number of fused-ring (bicyclic) bond motifs is 1. The highest BCUT2D eigenvalue weighted by Crippen LogP contribution is 2.32. The molecule has 3 aromatic rings. The van der Waals surface area contributed by atoms with E-state index in [1.807, 2.05) is 32.1 Å². The topological polar surface area (TPSA) is 91.1 Å². The van der Waals surface area contributed by atoms with Gasteiger partial charge in [-0.05, 0) is 45.1 Å². The molecule has 8 heteroatoms. The summed E-state index contributed by atoms with van der Waals surface area (Å²) < 4.78 is 13.5. The molecule has 1 aromatic carbocycles. The molecule has 1 N–H and O–H groups in total. The van der Waals surface area contributed by atoms with Crippen LogP contribution in [-0.2, 0) is 13.1 Å². The molecule has 0 unspecified atom stereocenters.